The molecule has 0 bridgehead atoms. The Labute approximate surface area is 150 Å². The molecule has 4 aromatic rings. The van der Waals surface area contributed by atoms with E-state index in [0.717, 1.165) is 33.2 Å². The normalized spacial score (nSPS) is 11.8. The summed E-state index contributed by atoms with van der Waals surface area (Å²) in [5.74, 6) is 0.268. The predicted molar refractivity (Wildman–Crippen MR) is 92.1 cm³/mol. The molecule has 0 unspecified atom stereocenters. The van der Waals surface area contributed by atoms with Crippen molar-refractivity contribution in [1.82, 2.24) is 14.8 Å². The van der Waals surface area contributed by atoms with Crippen LogP contribution in [-0.4, -0.2) is 14.8 Å². The van der Waals surface area contributed by atoms with Gasteiger partial charge >= 0.3 is 6.18 Å². The molecule has 132 valence electrons. The summed E-state index contributed by atoms with van der Waals surface area (Å²) in [5, 5.41) is 5.92. The van der Waals surface area contributed by atoms with Crippen molar-refractivity contribution < 1.29 is 17.6 Å². The molecule has 0 spiro atoms. The Kier molecular flexibility index (Phi) is 3.91. The van der Waals surface area contributed by atoms with Gasteiger partial charge < -0.3 is 4.42 Å². The molecule has 26 heavy (non-hydrogen) atoms. The van der Waals surface area contributed by atoms with Gasteiger partial charge in [0.2, 0.25) is 5.13 Å². The van der Waals surface area contributed by atoms with Crippen LogP contribution in [0.15, 0.2) is 58.5 Å². The third-order valence-electron chi connectivity index (χ3n) is 3.79. The van der Waals surface area contributed by atoms with Gasteiger partial charge in [-0.25, -0.2) is 9.67 Å². The minimum absolute atomic E-state index is 0.106. The number of aromatic nitrogens is 3. The van der Waals surface area contributed by atoms with E-state index in [2.05, 4.69) is 10.1 Å². The third-order valence-corrected chi connectivity index (χ3v) is 4.61. The number of hydrogen-bond acceptors (Lipinski definition) is 4. The van der Waals surface area contributed by atoms with Gasteiger partial charge in [-0.3, -0.25) is 0 Å². The molecule has 0 radical (unpaired) electrons. The van der Waals surface area contributed by atoms with E-state index in [-0.39, 0.29) is 16.6 Å². The van der Waals surface area contributed by atoms with Gasteiger partial charge in [-0.2, -0.15) is 18.3 Å². The molecule has 0 N–H and O–H groups in total. The summed E-state index contributed by atoms with van der Waals surface area (Å²) in [6.45, 7) is 1.96. The topological polar surface area (TPSA) is 43.9 Å². The van der Waals surface area contributed by atoms with E-state index >= 15 is 0 Å². The largest absolute Gasteiger partial charge is 0.463 e. The van der Waals surface area contributed by atoms with Gasteiger partial charge in [0.25, 0.3) is 0 Å². The van der Waals surface area contributed by atoms with E-state index in [0.29, 0.717) is 5.69 Å². The van der Waals surface area contributed by atoms with Crippen LogP contribution in [0.5, 0.6) is 0 Å². The number of halogens is 3. The van der Waals surface area contributed by atoms with Crippen molar-refractivity contribution in [3.05, 3.63) is 65.4 Å². The van der Waals surface area contributed by atoms with Crippen LogP contribution in [0.25, 0.3) is 27.8 Å². The van der Waals surface area contributed by atoms with Crippen LogP contribution in [0.3, 0.4) is 0 Å². The van der Waals surface area contributed by atoms with Gasteiger partial charge in [0, 0.05) is 17.0 Å². The summed E-state index contributed by atoms with van der Waals surface area (Å²) < 4.78 is 46.3. The number of benzene rings is 1. The van der Waals surface area contributed by atoms with Gasteiger partial charge in [-0.05, 0) is 19.1 Å². The van der Waals surface area contributed by atoms with Gasteiger partial charge in [-0.1, -0.05) is 29.8 Å². The van der Waals surface area contributed by atoms with Crippen LogP contribution < -0.4 is 0 Å². The number of furan rings is 1. The first-order valence-electron chi connectivity index (χ1n) is 7.66. The highest BCUT2D eigenvalue weighted by Crippen LogP contribution is 2.35. The molecule has 0 aliphatic carbocycles. The average Bonchev–Trinajstić information content (AvgIpc) is 3.33. The summed E-state index contributed by atoms with van der Waals surface area (Å²) in [4.78, 5) is 4.34. The van der Waals surface area contributed by atoms with Gasteiger partial charge in [0.1, 0.15) is 5.69 Å². The maximum Gasteiger partial charge on any atom is 0.433 e. The Morgan fingerprint density at radius 2 is 1.85 bits per heavy atom. The first-order valence-corrected chi connectivity index (χ1v) is 8.54. The molecular formula is C18H12F3N3OS. The van der Waals surface area contributed by atoms with E-state index in [4.69, 9.17) is 4.42 Å². The number of nitrogens with zero attached hydrogens (tertiary/aromatic N) is 3. The van der Waals surface area contributed by atoms with E-state index in [9.17, 15) is 13.2 Å². The van der Waals surface area contributed by atoms with E-state index < -0.39 is 11.9 Å². The minimum Gasteiger partial charge on any atom is -0.463 e. The summed E-state index contributed by atoms with van der Waals surface area (Å²) >= 11 is 1.10. The van der Waals surface area contributed by atoms with Crippen molar-refractivity contribution in [2.45, 2.75) is 13.1 Å². The lowest BCUT2D eigenvalue weighted by Crippen LogP contribution is -2.13. The second-order valence-corrected chi connectivity index (χ2v) is 6.52. The van der Waals surface area contributed by atoms with Crippen molar-refractivity contribution in [2.24, 2.45) is 0 Å². The smallest absolute Gasteiger partial charge is 0.433 e. The van der Waals surface area contributed by atoms with Crippen molar-refractivity contribution in [3.8, 4) is 27.8 Å². The first-order chi connectivity index (χ1) is 12.4. The molecule has 0 saturated carbocycles. The number of hydrogen-bond donors (Lipinski definition) is 0. The monoisotopic (exact) mass is 375 g/mol. The molecule has 3 aromatic heterocycles. The Balaban J connectivity index is 1.79. The molecule has 1 aromatic carbocycles. The molecule has 0 amide bonds. The fourth-order valence-corrected chi connectivity index (χ4v) is 3.29. The lowest BCUT2D eigenvalue weighted by Gasteiger charge is -2.07. The second-order valence-electron chi connectivity index (χ2n) is 5.68. The maximum absolute atomic E-state index is 13.4. The molecule has 4 rings (SSSR count). The van der Waals surface area contributed by atoms with Crippen LogP contribution in [0, 0.1) is 6.92 Å². The summed E-state index contributed by atoms with van der Waals surface area (Å²) in [6, 6.07) is 11.8. The standard InChI is InChI=1S/C18H12F3N3OS/c1-11-4-6-12(7-5-11)14-10-26-17(22-14)24-16(18(19,20)21)9-13(23-24)15-3-2-8-25-15/h2-10H,1H3. The number of alkyl halides is 3. The lowest BCUT2D eigenvalue weighted by atomic mass is 10.1. The van der Waals surface area contributed by atoms with Crippen LogP contribution in [0.2, 0.25) is 0 Å². The van der Waals surface area contributed by atoms with Crippen LogP contribution in [0.4, 0.5) is 13.2 Å². The van der Waals surface area contributed by atoms with Crippen molar-refractivity contribution in [1.29, 1.82) is 0 Å². The van der Waals surface area contributed by atoms with Crippen molar-refractivity contribution >= 4 is 11.3 Å². The Morgan fingerprint density at radius 1 is 1.08 bits per heavy atom. The van der Waals surface area contributed by atoms with Gasteiger partial charge in [-0.15, -0.1) is 11.3 Å². The highest BCUT2D eigenvalue weighted by atomic mass is 32.1. The maximum atomic E-state index is 13.4. The van der Waals surface area contributed by atoms with Crippen molar-refractivity contribution in [3.63, 3.8) is 0 Å². The first kappa shape index (κ1) is 16.6. The minimum atomic E-state index is -4.56. The van der Waals surface area contributed by atoms with E-state index in [1.165, 1.54) is 6.26 Å². The number of aryl methyl sites for hydroxylation is 1. The zero-order valence-corrected chi connectivity index (χ0v) is 14.3. The van der Waals surface area contributed by atoms with Gasteiger partial charge in [0.05, 0.1) is 12.0 Å². The molecule has 0 saturated heterocycles. The highest BCUT2D eigenvalue weighted by Gasteiger charge is 2.37. The van der Waals surface area contributed by atoms with Crippen LogP contribution >= 0.6 is 11.3 Å². The molecule has 0 fully saturated rings. The molecular weight excluding hydrogens is 363 g/mol. The molecule has 4 nitrogen and oxygen atoms in total. The number of rotatable bonds is 3. The summed E-state index contributed by atoms with van der Waals surface area (Å²) in [7, 11) is 0. The number of thiazole rings is 1. The SMILES string of the molecule is Cc1ccc(-c2csc(-n3nc(-c4ccco4)cc3C(F)(F)F)n2)cc1. The molecule has 0 aliphatic rings. The predicted octanol–water partition coefficient (Wildman–Crippen LogP) is 5.58. The lowest BCUT2D eigenvalue weighted by molar-refractivity contribution is -0.142. The zero-order chi connectivity index (χ0) is 18.3. The Bertz CT molecular complexity index is 1030. The van der Waals surface area contributed by atoms with E-state index in [1.807, 2.05) is 31.2 Å². The molecule has 0 atom stereocenters. The molecule has 8 heteroatoms. The molecule has 3 heterocycles. The summed E-state index contributed by atoms with van der Waals surface area (Å²) in [5.41, 5.74) is 1.75. The highest BCUT2D eigenvalue weighted by molar-refractivity contribution is 7.12. The fourth-order valence-electron chi connectivity index (χ4n) is 2.49. The second kappa shape index (κ2) is 6.14. The Hall–Kier alpha value is -2.87. The molecule has 0 aliphatic heterocycles. The van der Waals surface area contributed by atoms with Crippen LogP contribution in [0.1, 0.15) is 11.3 Å². The van der Waals surface area contributed by atoms with Crippen molar-refractivity contribution in [2.75, 3.05) is 0 Å². The van der Waals surface area contributed by atoms with Crippen LogP contribution in [-0.2, 0) is 6.18 Å². The van der Waals surface area contributed by atoms with E-state index in [1.54, 1.807) is 17.5 Å². The van der Waals surface area contributed by atoms with Gasteiger partial charge in [0.15, 0.2) is 11.5 Å². The third kappa shape index (κ3) is 3.03. The Morgan fingerprint density at radius 3 is 2.50 bits per heavy atom. The zero-order valence-electron chi connectivity index (χ0n) is 13.5. The average molecular weight is 375 g/mol. The quantitative estimate of drug-likeness (QED) is 0.469. The fraction of sp³-hybridized carbons (Fsp3) is 0.111. The summed E-state index contributed by atoms with van der Waals surface area (Å²) in [6.07, 6.45) is -3.17.